The van der Waals surface area contributed by atoms with E-state index in [1.54, 1.807) is 6.07 Å². The quantitative estimate of drug-likeness (QED) is 0.762. The topological polar surface area (TPSA) is 84.5 Å². The third-order valence-electron chi connectivity index (χ3n) is 4.09. The molecule has 2 aromatic carbocycles. The van der Waals surface area contributed by atoms with Crippen LogP contribution in [0, 0.1) is 13.8 Å². The summed E-state index contributed by atoms with van der Waals surface area (Å²) in [6, 6.07) is 14.5. The zero-order valence-electron chi connectivity index (χ0n) is 15.7. The van der Waals surface area contributed by atoms with E-state index in [1.165, 1.54) is 0 Å². The van der Waals surface area contributed by atoms with E-state index in [2.05, 4.69) is 10.6 Å². The first-order chi connectivity index (χ1) is 12.8. The van der Waals surface area contributed by atoms with Crippen LogP contribution >= 0.6 is 0 Å². The molecular weight excluding hydrogens is 344 g/mol. The van der Waals surface area contributed by atoms with Crippen molar-refractivity contribution in [2.75, 3.05) is 11.9 Å². The normalized spacial score (nSPS) is 11.4. The van der Waals surface area contributed by atoms with E-state index >= 15 is 0 Å². The second-order valence-corrected chi connectivity index (χ2v) is 6.50. The maximum Gasteiger partial charge on any atom is 0.325 e. The minimum Gasteiger partial charge on any atom is -0.456 e. The van der Waals surface area contributed by atoms with Crippen LogP contribution in [0.1, 0.15) is 36.0 Å². The van der Waals surface area contributed by atoms with Crippen molar-refractivity contribution in [3.05, 3.63) is 65.2 Å². The molecule has 0 aliphatic rings. The summed E-state index contributed by atoms with van der Waals surface area (Å²) in [4.78, 5) is 35.6. The summed E-state index contributed by atoms with van der Waals surface area (Å²) in [5.74, 6) is -1.19. The molecule has 1 atom stereocenters. The highest BCUT2D eigenvalue weighted by Crippen LogP contribution is 2.19. The van der Waals surface area contributed by atoms with Gasteiger partial charge in [0.05, 0.1) is 6.42 Å². The number of benzene rings is 2. The third kappa shape index (κ3) is 6.58. The Kier molecular flexibility index (Phi) is 7.11. The molecule has 2 aromatic rings. The molecular formula is C21H24N2O4. The van der Waals surface area contributed by atoms with E-state index in [0.29, 0.717) is 5.69 Å². The number of nitrogens with one attached hydrogen (secondary N) is 2. The van der Waals surface area contributed by atoms with E-state index in [9.17, 15) is 14.4 Å². The van der Waals surface area contributed by atoms with Gasteiger partial charge in [0.1, 0.15) is 0 Å². The van der Waals surface area contributed by atoms with Crippen LogP contribution in [0.25, 0.3) is 0 Å². The van der Waals surface area contributed by atoms with E-state index in [-0.39, 0.29) is 12.3 Å². The van der Waals surface area contributed by atoms with Gasteiger partial charge in [0.25, 0.3) is 5.91 Å². The smallest absolute Gasteiger partial charge is 0.325 e. The van der Waals surface area contributed by atoms with Crippen LogP contribution < -0.4 is 10.6 Å². The molecule has 0 fully saturated rings. The van der Waals surface area contributed by atoms with Crippen LogP contribution in [0.2, 0.25) is 0 Å². The van der Waals surface area contributed by atoms with Gasteiger partial charge in [-0.3, -0.25) is 14.9 Å². The minimum absolute atomic E-state index is 0.0189. The van der Waals surface area contributed by atoms with Gasteiger partial charge in [-0.2, -0.15) is 0 Å². The zero-order chi connectivity index (χ0) is 19.8. The lowest BCUT2D eigenvalue weighted by Gasteiger charge is -2.12. The summed E-state index contributed by atoms with van der Waals surface area (Å²) in [6.45, 7) is 5.22. The van der Waals surface area contributed by atoms with Crippen molar-refractivity contribution in [3.8, 4) is 0 Å². The summed E-state index contributed by atoms with van der Waals surface area (Å²) in [6.07, 6.45) is 0.159. The molecule has 2 rings (SSSR count). The van der Waals surface area contributed by atoms with Gasteiger partial charge in [0.15, 0.2) is 6.61 Å². The molecule has 0 unspecified atom stereocenters. The van der Waals surface area contributed by atoms with Gasteiger partial charge in [-0.15, -0.1) is 0 Å². The summed E-state index contributed by atoms with van der Waals surface area (Å²) < 4.78 is 4.96. The summed E-state index contributed by atoms with van der Waals surface area (Å²) >= 11 is 0. The van der Waals surface area contributed by atoms with Crippen molar-refractivity contribution >= 4 is 23.6 Å². The number of imide groups is 1. The number of anilines is 1. The van der Waals surface area contributed by atoms with Gasteiger partial charge in [-0.05, 0) is 37.0 Å². The number of hydrogen-bond donors (Lipinski definition) is 2. The van der Waals surface area contributed by atoms with Crippen LogP contribution in [0.15, 0.2) is 48.5 Å². The number of carbonyl (C=O) groups is 3. The number of amides is 3. The first-order valence-corrected chi connectivity index (χ1v) is 8.74. The van der Waals surface area contributed by atoms with Crippen LogP contribution in [0.3, 0.4) is 0 Å². The molecule has 0 aromatic heterocycles. The van der Waals surface area contributed by atoms with Crippen molar-refractivity contribution in [1.29, 1.82) is 0 Å². The van der Waals surface area contributed by atoms with Gasteiger partial charge < -0.3 is 10.1 Å². The Hall–Kier alpha value is -3.15. The second-order valence-electron chi connectivity index (χ2n) is 6.50. The third-order valence-corrected chi connectivity index (χ3v) is 4.09. The number of aryl methyl sites for hydroxylation is 2. The number of rotatable bonds is 6. The Morgan fingerprint density at radius 3 is 2.41 bits per heavy atom. The van der Waals surface area contributed by atoms with Crippen molar-refractivity contribution in [2.24, 2.45) is 0 Å². The molecule has 0 saturated carbocycles. The molecule has 0 saturated heterocycles. The maximum atomic E-state index is 11.9. The lowest BCUT2D eigenvalue weighted by atomic mass is 9.98. The van der Waals surface area contributed by atoms with Crippen molar-refractivity contribution in [2.45, 2.75) is 33.1 Å². The lowest BCUT2D eigenvalue weighted by Crippen LogP contribution is -2.37. The van der Waals surface area contributed by atoms with Crippen molar-refractivity contribution in [3.63, 3.8) is 0 Å². The Morgan fingerprint density at radius 1 is 1.04 bits per heavy atom. The fourth-order valence-electron chi connectivity index (χ4n) is 2.62. The van der Waals surface area contributed by atoms with Crippen molar-refractivity contribution < 1.29 is 19.1 Å². The van der Waals surface area contributed by atoms with Gasteiger partial charge >= 0.3 is 12.0 Å². The molecule has 142 valence electrons. The van der Waals surface area contributed by atoms with Gasteiger partial charge in [-0.1, -0.05) is 55.0 Å². The molecule has 27 heavy (non-hydrogen) atoms. The Morgan fingerprint density at radius 2 is 1.74 bits per heavy atom. The highest BCUT2D eigenvalue weighted by Gasteiger charge is 2.15. The Balaban J connectivity index is 1.75. The molecule has 6 heteroatoms. The predicted molar refractivity (Wildman–Crippen MR) is 104 cm³/mol. The van der Waals surface area contributed by atoms with E-state index in [4.69, 9.17) is 4.74 Å². The van der Waals surface area contributed by atoms with Gasteiger partial charge in [-0.25, -0.2) is 4.79 Å². The largest absolute Gasteiger partial charge is 0.456 e. The summed E-state index contributed by atoms with van der Waals surface area (Å²) in [7, 11) is 0. The van der Waals surface area contributed by atoms with Crippen LogP contribution in [-0.2, 0) is 14.3 Å². The molecule has 0 radical (unpaired) electrons. The number of esters is 1. The summed E-state index contributed by atoms with van der Waals surface area (Å²) in [5, 5.41) is 4.74. The van der Waals surface area contributed by atoms with Gasteiger partial charge in [0, 0.05) is 5.69 Å². The summed E-state index contributed by atoms with van der Waals surface area (Å²) in [5.41, 5.74) is 3.59. The average Bonchev–Trinajstić information content (AvgIpc) is 2.63. The number of hydrogen-bond acceptors (Lipinski definition) is 4. The number of carbonyl (C=O) groups excluding carboxylic acids is 3. The molecule has 2 N–H and O–H groups in total. The fraction of sp³-hybridized carbons (Fsp3) is 0.286. The van der Waals surface area contributed by atoms with Crippen LogP contribution in [-0.4, -0.2) is 24.5 Å². The van der Waals surface area contributed by atoms with Crippen molar-refractivity contribution in [1.82, 2.24) is 5.32 Å². The molecule has 6 nitrogen and oxygen atoms in total. The zero-order valence-corrected chi connectivity index (χ0v) is 15.7. The number of ether oxygens (including phenoxy) is 1. The second kappa shape index (κ2) is 9.52. The standard InChI is InChI=1S/C21H24N2O4/c1-14-9-10-18(16(3)11-14)22-21(26)23-19(24)13-27-20(25)12-15(2)17-7-5-4-6-8-17/h4-11,15H,12-13H2,1-3H3,(H2,22,23,24,26)/t15-/m0/s1. The Bertz CT molecular complexity index is 818. The maximum absolute atomic E-state index is 11.9. The molecule has 0 aliphatic carbocycles. The van der Waals surface area contributed by atoms with E-state index < -0.39 is 24.5 Å². The molecule has 0 aliphatic heterocycles. The van der Waals surface area contributed by atoms with E-state index in [1.807, 2.05) is 63.2 Å². The molecule has 0 bridgehead atoms. The Labute approximate surface area is 158 Å². The van der Waals surface area contributed by atoms with Gasteiger partial charge in [0.2, 0.25) is 0 Å². The highest BCUT2D eigenvalue weighted by atomic mass is 16.5. The predicted octanol–water partition coefficient (Wildman–Crippen LogP) is 3.69. The van der Waals surface area contributed by atoms with Crippen LogP contribution in [0.5, 0.6) is 0 Å². The average molecular weight is 368 g/mol. The monoisotopic (exact) mass is 368 g/mol. The molecule has 3 amide bonds. The highest BCUT2D eigenvalue weighted by molar-refractivity contribution is 6.02. The lowest BCUT2D eigenvalue weighted by molar-refractivity contribution is -0.148. The molecule has 0 spiro atoms. The first kappa shape index (κ1) is 20.2. The van der Waals surface area contributed by atoms with Crippen LogP contribution in [0.4, 0.5) is 10.5 Å². The number of urea groups is 1. The fourth-order valence-corrected chi connectivity index (χ4v) is 2.62. The van der Waals surface area contributed by atoms with E-state index in [0.717, 1.165) is 16.7 Å². The minimum atomic E-state index is -0.682. The first-order valence-electron chi connectivity index (χ1n) is 8.74. The molecule has 0 heterocycles. The SMILES string of the molecule is Cc1ccc(NC(=O)NC(=O)COC(=O)C[C@H](C)c2ccccc2)c(C)c1.